The van der Waals surface area contributed by atoms with Gasteiger partial charge in [0.25, 0.3) is 0 Å². The zero-order valence-corrected chi connectivity index (χ0v) is 20.1. The van der Waals surface area contributed by atoms with Crippen molar-refractivity contribution in [1.29, 1.82) is 5.26 Å². The van der Waals surface area contributed by atoms with Crippen LogP contribution in [0.4, 0.5) is 0 Å². The summed E-state index contributed by atoms with van der Waals surface area (Å²) in [4.78, 5) is 26.4. The molecule has 3 rings (SSSR count). The van der Waals surface area contributed by atoms with Crippen LogP contribution in [0, 0.1) is 17.2 Å². The molecule has 1 N–H and O–H groups in total. The van der Waals surface area contributed by atoms with Crippen molar-refractivity contribution < 1.29 is 19.4 Å². The number of Topliss-reactive ketones (excluding diaryl/α,β-unsaturated/α-hetero) is 1. The number of hydrogen-bond acceptors (Lipinski definition) is 5. The van der Waals surface area contributed by atoms with E-state index in [2.05, 4.69) is 6.07 Å². The normalized spacial score (nSPS) is 17.8. The number of aliphatic carboxylic acids is 1. The minimum absolute atomic E-state index is 0.0100. The number of nitriles is 1. The molecule has 1 fully saturated rings. The summed E-state index contributed by atoms with van der Waals surface area (Å²) in [5, 5.41) is 18.9. The van der Waals surface area contributed by atoms with Gasteiger partial charge in [-0.1, -0.05) is 23.7 Å². The number of ether oxygens (including phenoxy) is 1. The molecule has 2 aromatic carbocycles. The molecule has 1 aliphatic heterocycles. The number of carboxylic acid groups (broad SMARTS) is 1. The fraction of sp³-hybridized carbons (Fsp3) is 0.423. The Morgan fingerprint density at radius 2 is 1.76 bits per heavy atom. The molecule has 174 valence electrons. The molecule has 0 aromatic heterocycles. The number of ketones is 1. The molecule has 0 atom stereocenters. The molecule has 1 aliphatic rings. The number of halogens is 1. The molecule has 7 heteroatoms. The van der Waals surface area contributed by atoms with Crippen molar-refractivity contribution in [1.82, 2.24) is 4.90 Å². The number of para-hydroxylation sites is 1. The number of likely N-dealkylation sites (tertiary alicyclic amines) is 1. The lowest BCUT2D eigenvalue weighted by molar-refractivity contribution is -0.146. The van der Waals surface area contributed by atoms with Crippen LogP contribution in [0.5, 0.6) is 11.5 Å². The van der Waals surface area contributed by atoms with Gasteiger partial charge in [0.15, 0.2) is 5.78 Å². The molecule has 0 aliphatic carbocycles. The average Bonchev–Trinajstić information content (AvgIpc) is 2.72. The van der Waals surface area contributed by atoms with E-state index in [1.807, 2.05) is 32.6 Å². The smallest absolute Gasteiger partial charge is 0.317 e. The second-order valence-corrected chi connectivity index (χ2v) is 10.3. The monoisotopic (exact) mass is 468 g/mol. The zero-order valence-electron chi connectivity index (χ0n) is 19.4. The van der Waals surface area contributed by atoms with E-state index < -0.39 is 5.97 Å². The minimum Gasteiger partial charge on any atom is -0.480 e. The zero-order chi connectivity index (χ0) is 24.4. The summed E-state index contributed by atoms with van der Waals surface area (Å²) in [6.07, 6.45) is 1.83. The number of carboxylic acids is 1. The minimum atomic E-state index is -0.847. The van der Waals surface area contributed by atoms with E-state index in [4.69, 9.17) is 16.3 Å². The third-order valence-electron chi connectivity index (χ3n) is 6.29. The van der Waals surface area contributed by atoms with E-state index in [9.17, 15) is 20.0 Å². The van der Waals surface area contributed by atoms with Gasteiger partial charge in [-0.05, 0) is 76.8 Å². The van der Waals surface area contributed by atoms with Crippen molar-refractivity contribution in [2.24, 2.45) is 5.92 Å². The summed E-state index contributed by atoms with van der Waals surface area (Å²) >= 11 is 6.40. The Balaban J connectivity index is 1.73. The molecule has 0 radical (unpaired) electrons. The number of piperidine rings is 1. The number of carbonyl (C=O) groups excluding carboxylic acids is 1. The van der Waals surface area contributed by atoms with Crippen LogP contribution in [-0.2, 0) is 4.79 Å². The van der Waals surface area contributed by atoms with Gasteiger partial charge in [0.2, 0.25) is 0 Å². The summed E-state index contributed by atoms with van der Waals surface area (Å²) in [5.74, 6) is 0.0488. The molecule has 0 unspecified atom stereocenters. The van der Waals surface area contributed by atoms with Crippen LogP contribution in [0.25, 0.3) is 0 Å². The lowest BCUT2D eigenvalue weighted by Crippen LogP contribution is -2.62. The topological polar surface area (TPSA) is 90.6 Å². The number of carbonyl (C=O) groups is 2. The van der Waals surface area contributed by atoms with E-state index >= 15 is 0 Å². The third-order valence-corrected chi connectivity index (χ3v) is 6.58. The number of benzene rings is 2. The molecular formula is C26H29ClN2O4. The summed E-state index contributed by atoms with van der Waals surface area (Å²) < 4.78 is 5.79. The van der Waals surface area contributed by atoms with Crippen LogP contribution in [0.1, 0.15) is 62.9 Å². The lowest BCUT2D eigenvalue weighted by atomic mass is 9.71. The summed E-state index contributed by atoms with van der Waals surface area (Å²) in [6, 6.07) is 13.9. The molecule has 1 heterocycles. The van der Waals surface area contributed by atoms with Crippen LogP contribution < -0.4 is 4.74 Å². The molecule has 33 heavy (non-hydrogen) atoms. The Labute approximate surface area is 199 Å². The second kappa shape index (κ2) is 9.54. The molecule has 0 amide bonds. The molecule has 1 saturated heterocycles. The SMILES string of the molecule is CC1(C)CC(CC(=O)c2ccc(Oc3ccccc3C#N)c(Cl)c2)CC(C)(C)N1CC(=O)O. The largest absolute Gasteiger partial charge is 0.480 e. The van der Waals surface area contributed by atoms with E-state index in [0.29, 0.717) is 34.1 Å². The molecular weight excluding hydrogens is 440 g/mol. The first-order valence-corrected chi connectivity index (χ1v) is 11.3. The highest BCUT2D eigenvalue weighted by atomic mass is 35.5. The quantitative estimate of drug-likeness (QED) is 0.506. The predicted molar refractivity (Wildman–Crippen MR) is 127 cm³/mol. The van der Waals surface area contributed by atoms with Crippen molar-refractivity contribution >= 4 is 23.4 Å². The van der Waals surface area contributed by atoms with Gasteiger partial charge in [0.1, 0.15) is 17.6 Å². The molecule has 0 spiro atoms. The van der Waals surface area contributed by atoms with Crippen molar-refractivity contribution in [3.63, 3.8) is 0 Å². The highest BCUT2D eigenvalue weighted by molar-refractivity contribution is 6.32. The number of nitrogens with zero attached hydrogens (tertiary/aromatic N) is 2. The van der Waals surface area contributed by atoms with Crippen molar-refractivity contribution in [3.05, 3.63) is 58.6 Å². The van der Waals surface area contributed by atoms with E-state index in [0.717, 1.165) is 12.8 Å². The maximum atomic E-state index is 13.1. The van der Waals surface area contributed by atoms with Crippen molar-refractivity contribution in [2.75, 3.05) is 6.54 Å². The van der Waals surface area contributed by atoms with Gasteiger partial charge in [-0.3, -0.25) is 14.5 Å². The van der Waals surface area contributed by atoms with E-state index in [1.165, 1.54) is 0 Å². The highest BCUT2D eigenvalue weighted by Gasteiger charge is 2.46. The van der Waals surface area contributed by atoms with Gasteiger partial charge in [0.05, 0.1) is 17.1 Å². The second-order valence-electron chi connectivity index (χ2n) is 9.86. The maximum absolute atomic E-state index is 13.1. The summed E-state index contributed by atoms with van der Waals surface area (Å²) in [7, 11) is 0. The van der Waals surface area contributed by atoms with E-state index in [1.54, 1.807) is 42.5 Å². The Kier molecular flexibility index (Phi) is 7.16. The highest BCUT2D eigenvalue weighted by Crippen LogP contribution is 2.43. The van der Waals surface area contributed by atoms with Gasteiger partial charge in [-0.25, -0.2) is 0 Å². The lowest BCUT2D eigenvalue weighted by Gasteiger charge is -2.54. The van der Waals surface area contributed by atoms with Crippen LogP contribution in [0.3, 0.4) is 0 Å². The number of hydrogen-bond donors (Lipinski definition) is 1. The number of rotatable bonds is 7. The predicted octanol–water partition coefficient (Wildman–Crippen LogP) is 5.93. The Hall–Kier alpha value is -2.88. The van der Waals surface area contributed by atoms with Crippen molar-refractivity contribution in [2.45, 2.75) is 58.0 Å². The fourth-order valence-corrected chi connectivity index (χ4v) is 5.36. The van der Waals surface area contributed by atoms with Gasteiger partial charge in [-0.15, -0.1) is 0 Å². The first-order valence-electron chi connectivity index (χ1n) is 10.9. The van der Waals surface area contributed by atoms with Crippen LogP contribution in [-0.4, -0.2) is 39.4 Å². The third kappa shape index (κ3) is 5.73. The van der Waals surface area contributed by atoms with Crippen molar-refractivity contribution in [3.8, 4) is 17.6 Å². The van der Waals surface area contributed by atoms with Gasteiger partial charge < -0.3 is 9.84 Å². The first-order chi connectivity index (χ1) is 15.4. The summed E-state index contributed by atoms with van der Waals surface area (Å²) in [5.41, 5.74) is 0.223. The maximum Gasteiger partial charge on any atom is 0.317 e. The molecule has 0 saturated carbocycles. The van der Waals surface area contributed by atoms with Gasteiger partial charge in [-0.2, -0.15) is 5.26 Å². The Morgan fingerprint density at radius 3 is 2.33 bits per heavy atom. The van der Waals surface area contributed by atoms with Crippen LogP contribution >= 0.6 is 11.6 Å². The van der Waals surface area contributed by atoms with E-state index in [-0.39, 0.29) is 29.3 Å². The molecule has 0 bridgehead atoms. The van der Waals surface area contributed by atoms with Crippen LogP contribution in [0.15, 0.2) is 42.5 Å². The molecule has 6 nitrogen and oxygen atoms in total. The Bertz CT molecular complexity index is 1090. The standard InChI is InChI=1S/C26H29ClN2O4/c1-25(2)13-17(14-26(3,4)29(25)16-24(31)32)11-21(30)18-9-10-23(20(27)12-18)33-22-8-6-5-7-19(22)15-28/h5-10,12,17H,11,13-14,16H2,1-4H3,(H,31,32). The average molecular weight is 469 g/mol. The van der Waals surface area contributed by atoms with Gasteiger partial charge in [0, 0.05) is 23.1 Å². The molecule has 2 aromatic rings. The van der Waals surface area contributed by atoms with Gasteiger partial charge >= 0.3 is 5.97 Å². The Morgan fingerprint density at radius 1 is 1.12 bits per heavy atom. The first kappa shape index (κ1) is 24.8. The summed E-state index contributed by atoms with van der Waals surface area (Å²) in [6.45, 7) is 8.13. The fourth-order valence-electron chi connectivity index (χ4n) is 5.14. The van der Waals surface area contributed by atoms with Crippen LogP contribution in [0.2, 0.25) is 5.02 Å².